The predicted molar refractivity (Wildman–Crippen MR) is 79.5 cm³/mol. The second kappa shape index (κ2) is 6.03. The zero-order chi connectivity index (χ0) is 14.7. The molecular weight excluding hydrogens is 267 g/mol. The Morgan fingerprint density at radius 2 is 2.10 bits per heavy atom. The highest BCUT2D eigenvalue weighted by molar-refractivity contribution is 5.57. The van der Waals surface area contributed by atoms with Crippen molar-refractivity contribution in [1.82, 2.24) is 0 Å². The molecule has 1 heterocycles. The van der Waals surface area contributed by atoms with Crippen LogP contribution >= 0.6 is 0 Å². The summed E-state index contributed by atoms with van der Waals surface area (Å²) >= 11 is 0. The Balaban J connectivity index is 1.58. The van der Waals surface area contributed by atoms with Gasteiger partial charge in [0.05, 0.1) is 23.0 Å². The number of rotatable bonds is 3. The van der Waals surface area contributed by atoms with E-state index in [1.54, 1.807) is 6.07 Å². The van der Waals surface area contributed by atoms with Crippen LogP contribution in [0.1, 0.15) is 50.5 Å². The summed E-state index contributed by atoms with van der Waals surface area (Å²) in [6, 6.07) is 6.29. The number of hydrogen-bond acceptors (Lipinski definition) is 3. The number of ether oxygens (including phenoxy) is 1. The highest BCUT2D eigenvalue weighted by Gasteiger charge is 2.40. The zero-order valence-corrected chi connectivity index (χ0v) is 12.2. The molecule has 1 aliphatic heterocycles. The van der Waals surface area contributed by atoms with Crippen molar-refractivity contribution in [2.75, 3.05) is 11.9 Å². The van der Waals surface area contributed by atoms with Crippen molar-refractivity contribution in [3.05, 3.63) is 29.6 Å². The van der Waals surface area contributed by atoms with Crippen molar-refractivity contribution in [3.63, 3.8) is 0 Å². The molecule has 1 saturated heterocycles. The normalized spacial score (nSPS) is 23.9. The predicted octanol–water partition coefficient (Wildman–Crippen LogP) is 3.99. The molecule has 1 spiro atoms. The number of nitrogens with one attached hydrogen (secondary N) is 1. The maximum Gasteiger partial charge on any atom is 0.124 e. The fourth-order valence-corrected chi connectivity index (χ4v) is 3.59. The summed E-state index contributed by atoms with van der Waals surface area (Å²) < 4.78 is 19.4. The summed E-state index contributed by atoms with van der Waals surface area (Å²) in [4.78, 5) is 0. The number of hydrogen-bond donors (Lipinski definition) is 1. The molecule has 112 valence electrons. The molecule has 21 heavy (non-hydrogen) atoms. The van der Waals surface area contributed by atoms with Gasteiger partial charge in [0.25, 0.3) is 0 Å². The fraction of sp³-hybridized carbons (Fsp3) is 0.588. The van der Waals surface area contributed by atoms with Gasteiger partial charge in [-0.15, -0.1) is 0 Å². The Morgan fingerprint density at radius 3 is 2.86 bits per heavy atom. The molecule has 1 aromatic carbocycles. The molecule has 1 unspecified atom stereocenters. The summed E-state index contributed by atoms with van der Waals surface area (Å²) in [5.41, 5.74) is 1.15. The molecule has 1 aliphatic carbocycles. The molecule has 0 aromatic heterocycles. The minimum absolute atomic E-state index is 0.117. The maximum atomic E-state index is 13.1. The van der Waals surface area contributed by atoms with Gasteiger partial charge >= 0.3 is 0 Å². The maximum absolute atomic E-state index is 13.1. The summed E-state index contributed by atoms with van der Waals surface area (Å²) in [6.45, 7) is 0.683. The van der Waals surface area contributed by atoms with Crippen molar-refractivity contribution in [1.29, 1.82) is 5.26 Å². The van der Waals surface area contributed by atoms with Gasteiger partial charge in [0.15, 0.2) is 0 Å². The Bertz CT molecular complexity index is 546. The number of anilines is 1. The lowest BCUT2D eigenvalue weighted by Crippen LogP contribution is -2.33. The fourth-order valence-electron chi connectivity index (χ4n) is 3.59. The van der Waals surface area contributed by atoms with E-state index in [2.05, 4.69) is 5.32 Å². The first-order valence-corrected chi connectivity index (χ1v) is 7.82. The van der Waals surface area contributed by atoms with E-state index < -0.39 is 0 Å². The molecule has 1 N–H and O–H groups in total. The van der Waals surface area contributed by atoms with Gasteiger partial charge in [0, 0.05) is 6.54 Å². The highest BCUT2D eigenvalue weighted by Crippen LogP contribution is 2.41. The van der Waals surface area contributed by atoms with Crippen molar-refractivity contribution in [3.8, 4) is 6.07 Å². The van der Waals surface area contributed by atoms with Crippen molar-refractivity contribution in [2.45, 2.75) is 56.7 Å². The largest absolute Gasteiger partial charge is 0.381 e. The molecule has 2 fully saturated rings. The molecule has 0 bridgehead atoms. The Labute approximate surface area is 125 Å². The second-order valence-corrected chi connectivity index (χ2v) is 6.20. The lowest BCUT2D eigenvalue weighted by molar-refractivity contribution is -0.0588. The third-order valence-electron chi connectivity index (χ3n) is 4.73. The average molecular weight is 288 g/mol. The highest BCUT2D eigenvalue weighted by atomic mass is 19.1. The van der Waals surface area contributed by atoms with Crippen LogP contribution in [0.2, 0.25) is 0 Å². The molecule has 2 aliphatic rings. The molecule has 3 rings (SSSR count). The lowest BCUT2D eigenvalue weighted by Gasteiger charge is -2.33. The van der Waals surface area contributed by atoms with E-state index in [0.717, 1.165) is 12.8 Å². The average Bonchev–Trinajstić information content (AvgIpc) is 2.89. The van der Waals surface area contributed by atoms with E-state index in [4.69, 9.17) is 10.00 Å². The number of nitrogens with zero attached hydrogens (tertiary/aromatic N) is 1. The summed E-state index contributed by atoms with van der Waals surface area (Å²) in [5.74, 6) is -0.379. The third-order valence-corrected chi connectivity index (χ3v) is 4.73. The third kappa shape index (κ3) is 3.19. The van der Waals surface area contributed by atoms with Gasteiger partial charge in [-0.05, 0) is 43.9 Å². The van der Waals surface area contributed by atoms with E-state index in [0.29, 0.717) is 17.8 Å². The van der Waals surface area contributed by atoms with E-state index >= 15 is 0 Å². The number of halogens is 1. The smallest absolute Gasteiger partial charge is 0.124 e. The minimum Gasteiger partial charge on any atom is -0.381 e. The van der Waals surface area contributed by atoms with Crippen molar-refractivity contribution >= 4 is 5.69 Å². The van der Waals surface area contributed by atoms with Crippen LogP contribution in [0.25, 0.3) is 0 Å². The van der Waals surface area contributed by atoms with E-state index in [9.17, 15) is 4.39 Å². The molecule has 1 aromatic rings. The van der Waals surface area contributed by atoms with Gasteiger partial charge < -0.3 is 10.1 Å². The van der Waals surface area contributed by atoms with Gasteiger partial charge in [-0.2, -0.15) is 5.26 Å². The van der Waals surface area contributed by atoms with Crippen LogP contribution in [0, 0.1) is 17.1 Å². The standard InChI is InChI=1S/C17H21FN2O/c18-14-4-5-16(13(10-14)11-19)20-12-15-6-9-17(21-15)7-2-1-3-8-17/h4-5,10,15,20H,1-3,6-9,12H2. The topological polar surface area (TPSA) is 45.0 Å². The molecule has 4 heteroatoms. The van der Waals surface area contributed by atoms with Crippen LogP contribution in [0.3, 0.4) is 0 Å². The first-order chi connectivity index (χ1) is 10.2. The first-order valence-electron chi connectivity index (χ1n) is 7.82. The van der Waals surface area contributed by atoms with Gasteiger partial charge in [0.2, 0.25) is 0 Å². The Kier molecular flexibility index (Phi) is 4.12. The molecule has 0 amide bonds. The molecule has 0 radical (unpaired) electrons. The number of nitriles is 1. The molecular formula is C17H21FN2O. The van der Waals surface area contributed by atoms with Gasteiger partial charge in [-0.3, -0.25) is 0 Å². The van der Waals surface area contributed by atoms with E-state index in [1.165, 1.54) is 44.2 Å². The molecule has 1 atom stereocenters. The second-order valence-electron chi connectivity index (χ2n) is 6.20. The van der Waals surface area contributed by atoms with Gasteiger partial charge in [-0.1, -0.05) is 19.3 Å². The Morgan fingerprint density at radius 1 is 1.29 bits per heavy atom. The summed E-state index contributed by atoms with van der Waals surface area (Å²) in [6.07, 6.45) is 8.65. The zero-order valence-electron chi connectivity index (χ0n) is 12.2. The SMILES string of the molecule is N#Cc1cc(F)ccc1NCC1CCC2(CCCCC2)O1. The summed E-state index contributed by atoms with van der Waals surface area (Å²) in [5, 5.41) is 12.3. The van der Waals surface area contributed by atoms with Crippen molar-refractivity contribution in [2.24, 2.45) is 0 Å². The Hall–Kier alpha value is -1.60. The lowest BCUT2D eigenvalue weighted by atomic mass is 9.83. The minimum atomic E-state index is -0.379. The van der Waals surface area contributed by atoms with Crippen LogP contribution in [-0.4, -0.2) is 18.2 Å². The van der Waals surface area contributed by atoms with Crippen LogP contribution in [0.5, 0.6) is 0 Å². The van der Waals surface area contributed by atoms with E-state index in [-0.39, 0.29) is 17.5 Å². The van der Waals surface area contributed by atoms with Crippen molar-refractivity contribution < 1.29 is 9.13 Å². The summed E-state index contributed by atoms with van der Waals surface area (Å²) in [7, 11) is 0. The van der Waals surface area contributed by atoms with Crippen LogP contribution in [0.4, 0.5) is 10.1 Å². The van der Waals surface area contributed by atoms with Crippen LogP contribution in [-0.2, 0) is 4.74 Å². The monoisotopic (exact) mass is 288 g/mol. The van der Waals surface area contributed by atoms with Gasteiger partial charge in [-0.25, -0.2) is 4.39 Å². The first kappa shape index (κ1) is 14.3. The van der Waals surface area contributed by atoms with Crippen LogP contribution in [0.15, 0.2) is 18.2 Å². The van der Waals surface area contributed by atoms with Crippen LogP contribution < -0.4 is 5.32 Å². The molecule has 1 saturated carbocycles. The van der Waals surface area contributed by atoms with Gasteiger partial charge in [0.1, 0.15) is 11.9 Å². The van der Waals surface area contributed by atoms with E-state index in [1.807, 2.05) is 6.07 Å². The molecule has 3 nitrogen and oxygen atoms in total. The number of benzene rings is 1. The quantitative estimate of drug-likeness (QED) is 0.914.